The summed E-state index contributed by atoms with van der Waals surface area (Å²) in [7, 11) is 4.38. The van der Waals surface area contributed by atoms with Crippen LogP contribution in [0.5, 0.6) is 5.75 Å². The fourth-order valence-corrected chi connectivity index (χ4v) is 2.24. The monoisotopic (exact) mass is 301 g/mol. The Morgan fingerprint density at radius 2 is 1.57 bits per heavy atom. The first kappa shape index (κ1) is 19.8. The van der Waals surface area contributed by atoms with E-state index in [1.807, 2.05) is 13.8 Å². The number of aromatic hydroxyl groups is 1. The van der Waals surface area contributed by atoms with Crippen LogP contribution in [-0.4, -0.2) is 30.1 Å². The van der Waals surface area contributed by atoms with E-state index in [0.29, 0.717) is 0 Å². The standard InChI is InChI=1S/C8H17N.C7H6F2O.C2H6/c1-9(2)8-6-4-3-5-7-8;1-4-2-3-5(8)7(10)6(4)9;1-2/h8H,3-7H2,1-2H3;2-3,10H,1H3;1-2H3. The zero-order valence-corrected chi connectivity index (χ0v) is 13.9. The summed E-state index contributed by atoms with van der Waals surface area (Å²) >= 11 is 0. The third kappa shape index (κ3) is 6.89. The van der Waals surface area contributed by atoms with Gasteiger partial charge in [-0.15, -0.1) is 0 Å². The molecule has 0 saturated heterocycles. The number of aryl methyl sites for hydroxylation is 1. The van der Waals surface area contributed by atoms with Gasteiger partial charge in [-0.1, -0.05) is 39.2 Å². The highest BCUT2D eigenvalue weighted by atomic mass is 19.1. The highest BCUT2D eigenvalue weighted by Crippen LogP contribution is 2.21. The van der Waals surface area contributed by atoms with Crippen LogP contribution < -0.4 is 0 Å². The molecule has 0 spiro atoms. The molecule has 1 aliphatic rings. The molecule has 0 atom stereocenters. The van der Waals surface area contributed by atoms with Crippen molar-refractivity contribution >= 4 is 0 Å². The molecule has 0 heterocycles. The van der Waals surface area contributed by atoms with Gasteiger partial charge in [0, 0.05) is 6.04 Å². The summed E-state index contributed by atoms with van der Waals surface area (Å²) in [5.74, 6) is -2.72. The summed E-state index contributed by atoms with van der Waals surface area (Å²) in [6.07, 6.45) is 7.20. The maximum Gasteiger partial charge on any atom is 0.188 e. The van der Waals surface area contributed by atoms with Gasteiger partial charge < -0.3 is 10.0 Å². The number of halogens is 2. The van der Waals surface area contributed by atoms with Crippen LogP contribution in [0, 0.1) is 18.6 Å². The lowest BCUT2D eigenvalue weighted by Crippen LogP contribution is -2.29. The van der Waals surface area contributed by atoms with Crippen molar-refractivity contribution in [3.8, 4) is 5.75 Å². The molecule has 1 fully saturated rings. The van der Waals surface area contributed by atoms with E-state index in [-0.39, 0.29) is 5.56 Å². The Labute approximate surface area is 127 Å². The lowest BCUT2D eigenvalue weighted by molar-refractivity contribution is 0.229. The van der Waals surface area contributed by atoms with E-state index in [4.69, 9.17) is 5.11 Å². The molecule has 0 unspecified atom stereocenters. The van der Waals surface area contributed by atoms with Crippen LogP contribution in [0.1, 0.15) is 51.5 Å². The van der Waals surface area contributed by atoms with E-state index < -0.39 is 17.4 Å². The first-order valence-electron chi connectivity index (χ1n) is 7.73. The lowest BCUT2D eigenvalue weighted by atomic mass is 9.95. The summed E-state index contributed by atoms with van der Waals surface area (Å²) in [4.78, 5) is 2.36. The van der Waals surface area contributed by atoms with Crippen molar-refractivity contribution in [2.45, 2.75) is 58.9 Å². The Bertz CT molecular complexity index is 375. The number of phenolic OH excluding ortho intramolecular Hbond substituents is 1. The highest BCUT2D eigenvalue weighted by molar-refractivity contribution is 5.30. The molecule has 0 aromatic heterocycles. The number of hydrogen-bond donors (Lipinski definition) is 1. The smallest absolute Gasteiger partial charge is 0.188 e. The minimum absolute atomic E-state index is 0.235. The van der Waals surface area contributed by atoms with Crippen molar-refractivity contribution < 1.29 is 13.9 Å². The second-order valence-electron chi connectivity index (χ2n) is 5.28. The maximum atomic E-state index is 12.5. The van der Waals surface area contributed by atoms with Crippen LogP contribution in [0.2, 0.25) is 0 Å². The average Bonchev–Trinajstić information content (AvgIpc) is 2.52. The molecule has 0 aliphatic heterocycles. The van der Waals surface area contributed by atoms with Gasteiger partial charge in [-0.2, -0.15) is 0 Å². The molecule has 2 nitrogen and oxygen atoms in total. The highest BCUT2D eigenvalue weighted by Gasteiger charge is 2.13. The average molecular weight is 301 g/mol. The van der Waals surface area contributed by atoms with E-state index in [1.165, 1.54) is 45.1 Å². The van der Waals surface area contributed by atoms with Gasteiger partial charge in [-0.3, -0.25) is 0 Å². The predicted octanol–water partition coefficient (Wildman–Crippen LogP) is 4.89. The molecule has 0 bridgehead atoms. The van der Waals surface area contributed by atoms with Gasteiger partial charge in [-0.25, -0.2) is 8.78 Å². The van der Waals surface area contributed by atoms with Gasteiger partial charge in [0.15, 0.2) is 17.4 Å². The van der Waals surface area contributed by atoms with Crippen molar-refractivity contribution in [2.24, 2.45) is 0 Å². The van der Waals surface area contributed by atoms with Crippen molar-refractivity contribution in [2.75, 3.05) is 14.1 Å². The zero-order valence-electron chi connectivity index (χ0n) is 13.9. The lowest BCUT2D eigenvalue weighted by Gasteiger charge is -2.27. The number of rotatable bonds is 1. The second-order valence-corrected chi connectivity index (χ2v) is 5.28. The van der Waals surface area contributed by atoms with Crippen molar-refractivity contribution in [3.63, 3.8) is 0 Å². The van der Waals surface area contributed by atoms with Gasteiger partial charge in [0.2, 0.25) is 0 Å². The number of nitrogens with zero attached hydrogens (tertiary/aromatic N) is 1. The quantitative estimate of drug-likeness (QED) is 0.798. The van der Waals surface area contributed by atoms with Gasteiger partial charge in [-0.05, 0) is 45.5 Å². The number of hydrogen-bond acceptors (Lipinski definition) is 2. The molecule has 1 aliphatic carbocycles. The first-order valence-corrected chi connectivity index (χ1v) is 7.73. The molecule has 1 N–H and O–H groups in total. The van der Waals surface area contributed by atoms with Gasteiger partial charge >= 0.3 is 0 Å². The normalized spacial score (nSPS) is 14.9. The van der Waals surface area contributed by atoms with E-state index in [0.717, 1.165) is 12.1 Å². The molecule has 4 heteroatoms. The van der Waals surface area contributed by atoms with Crippen molar-refractivity contribution in [3.05, 3.63) is 29.3 Å². The molecular formula is C17H29F2NO. The minimum atomic E-state index is -0.928. The third-order valence-corrected chi connectivity index (χ3v) is 3.56. The zero-order chi connectivity index (χ0) is 16.4. The summed E-state index contributed by atoms with van der Waals surface area (Å²) in [5, 5.41) is 8.64. The van der Waals surface area contributed by atoms with E-state index in [9.17, 15) is 8.78 Å². The van der Waals surface area contributed by atoms with Crippen LogP contribution in [0.25, 0.3) is 0 Å². The fourth-order valence-electron chi connectivity index (χ4n) is 2.24. The Morgan fingerprint density at radius 1 is 1.05 bits per heavy atom. The van der Waals surface area contributed by atoms with Gasteiger partial charge in [0.1, 0.15) is 0 Å². The molecule has 1 saturated carbocycles. The molecular weight excluding hydrogens is 272 g/mol. The Kier molecular flexibility index (Phi) is 9.97. The third-order valence-electron chi connectivity index (χ3n) is 3.56. The van der Waals surface area contributed by atoms with Crippen LogP contribution in [0.4, 0.5) is 8.78 Å². The van der Waals surface area contributed by atoms with Crippen LogP contribution in [-0.2, 0) is 0 Å². The Morgan fingerprint density at radius 3 is 1.95 bits per heavy atom. The fraction of sp³-hybridized carbons (Fsp3) is 0.647. The number of phenols is 1. The molecule has 1 aromatic carbocycles. The van der Waals surface area contributed by atoms with E-state index >= 15 is 0 Å². The topological polar surface area (TPSA) is 23.5 Å². The van der Waals surface area contributed by atoms with Crippen LogP contribution in [0.15, 0.2) is 12.1 Å². The van der Waals surface area contributed by atoms with Gasteiger partial charge in [0.25, 0.3) is 0 Å². The summed E-state index contributed by atoms with van der Waals surface area (Å²) in [5.41, 5.74) is 0.235. The molecule has 2 rings (SSSR count). The molecule has 0 amide bonds. The summed E-state index contributed by atoms with van der Waals surface area (Å²) in [6.45, 7) is 5.45. The van der Waals surface area contributed by atoms with Gasteiger partial charge in [0.05, 0.1) is 0 Å². The SMILES string of the molecule is CC.CN(C)C1CCCCC1.Cc1ccc(F)c(O)c1F. The first-order chi connectivity index (χ1) is 9.93. The summed E-state index contributed by atoms with van der Waals surface area (Å²) in [6, 6.07) is 3.18. The van der Waals surface area contributed by atoms with Crippen LogP contribution in [0.3, 0.4) is 0 Å². The molecule has 21 heavy (non-hydrogen) atoms. The van der Waals surface area contributed by atoms with E-state index in [1.54, 1.807) is 0 Å². The van der Waals surface area contributed by atoms with E-state index in [2.05, 4.69) is 19.0 Å². The largest absolute Gasteiger partial charge is 0.503 e. The van der Waals surface area contributed by atoms with Crippen molar-refractivity contribution in [1.82, 2.24) is 4.90 Å². The maximum absolute atomic E-state index is 12.5. The Balaban J connectivity index is 0.000000342. The Hall–Kier alpha value is -1.16. The predicted molar refractivity (Wildman–Crippen MR) is 84.7 cm³/mol. The molecule has 122 valence electrons. The second kappa shape index (κ2) is 10.6. The molecule has 1 aromatic rings. The number of benzene rings is 1. The minimum Gasteiger partial charge on any atom is -0.503 e. The van der Waals surface area contributed by atoms with Crippen LogP contribution >= 0.6 is 0 Å². The molecule has 0 radical (unpaired) electrons. The van der Waals surface area contributed by atoms with Crippen molar-refractivity contribution in [1.29, 1.82) is 0 Å². The summed E-state index contributed by atoms with van der Waals surface area (Å²) < 4.78 is 24.8.